The number of benzene rings is 1. The third kappa shape index (κ3) is 3.51. The number of hydrogen-bond acceptors (Lipinski definition) is 4. The Balaban J connectivity index is 2.17. The van der Waals surface area contributed by atoms with Gasteiger partial charge in [-0.25, -0.2) is 0 Å². The Labute approximate surface area is 118 Å². The summed E-state index contributed by atoms with van der Waals surface area (Å²) in [5.41, 5.74) is 0.658. The first-order valence-corrected chi connectivity index (χ1v) is 7.53. The lowest BCUT2D eigenvalue weighted by atomic mass is 9.97. The van der Waals surface area contributed by atoms with Crippen LogP contribution in [0.3, 0.4) is 0 Å². The Morgan fingerprint density at radius 1 is 1.37 bits per heavy atom. The molecule has 19 heavy (non-hydrogen) atoms. The van der Waals surface area contributed by atoms with E-state index >= 15 is 0 Å². The van der Waals surface area contributed by atoms with Crippen molar-refractivity contribution < 1.29 is 14.6 Å². The Hall–Kier alpha value is -1.00. The minimum Gasteiger partial charge on any atom is -0.496 e. The molecule has 1 fully saturated rings. The third-order valence-corrected chi connectivity index (χ3v) is 4.96. The molecule has 0 bridgehead atoms. The van der Waals surface area contributed by atoms with Crippen molar-refractivity contribution in [2.75, 3.05) is 7.11 Å². The van der Waals surface area contributed by atoms with Crippen LogP contribution in [0.25, 0.3) is 0 Å². The first-order valence-electron chi connectivity index (χ1n) is 6.65. The van der Waals surface area contributed by atoms with Crippen LogP contribution in [0.2, 0.25) is 0 Å². The highest BCUT2D eigenvalue weighted by Gasteiger charge is 2.25. The number of aliphatic hydroxyl groups is 1. The number of methoxy groups -OCH3 is 1. The number of rotatable bonds is 4. The quantitative estimate of drug-likeness (QED) is 0.860. The molecule has 1 aromatic rings. The number of hydrogen-bond donors (Lipinski definition) is 1. The summed E-state index contributed by atoms with van der Waals surface area (Å²) < 4.78 is 5.36. The Morgan fingerprint density at radius 3 is 2.74 bits per heavy atom. The summed E-state index contributed by atoms with van der Waals surface area (Å²) in [5, 5.41) is 10.2. The van der Waals surface area contributed by atoms with E-state index in [2.05, 4.69) is 0 Å². The van der Waals surface area contributed by atoms with E-state index in [9.17, 15) is 9.90 Å². The van der Waals surface area contributed by atoms with Gasteiger partial charge in [-0.15, -0.1) is 11.8 Å². The molecule has 0 unspecified atom stereocenters. The Bertz CT molecular complexity index is 459. The van der Waals surface area contributed by atoms with E-state index in [1.165, 1.54) is 6.42 Å². The van der Waals surface area contributed by atoms with Gasteiger partial charge in [0.2, 0.25) is 0 Å². The fraction of sp³-hybridized carbons (Fsp3) is 0.533. The summed E-state index contributed by atoms with van der Waals surface area (Å²) in [7, 11) is 1.61. The van der Waals surface area contributed by atoms with Crippen LogP contribution in [0.1, 0.15) is 43.0 Å². The first-order chi connectivity index (χ1) is 9.11. The SMILES string of the molecule is COc1cc(C(C)=O)ccc1S[C@H]1CCCC[C@H]1O. The zero-order chi connectivity index (χ0) is 13.8. The standard InChI is InChI=1S/C15H20O3S/c1-10(16)11-7-8-15(13(9-11)18-2)19-14-6-4-3-5-12(14)17/h7-9,12,14,17H,3-6H2,1-2H3/t12-,14+/m1/s1. The fourth-order valence-corrected chi connectivity index (χ4v) is 3.67. The van der Waals surface area contributed by atoms with E-state index in [1.807, 2.05) is 12.1 Å². The lowest BCUT2D eigenvalue weighted by Crippen LogP contribution is -2.26. The molecule has 0 heterocycles. The molecule has 104 valence electrons. The van der Waals surface area contributed by atoms with Gasteiger partial charge in [-0.05, 0) is 31.9 Å². The van der Waals surface area contributed by atoms with Crippen LogP contribution in [-0.4, -0.2) is 29.4 Å². The lowest BCUT2D eigenvalue weighted by Gasteiger charge is -2.27. The maximum Gasteiger partial charge on any atom is 0.159 e. The van der Waals surface area contributed by atoms with Crippen molar-refractivity contribution in [3.63, 3.8) is 0 Å². The molecule has 1 aliphatic rings. The second-order valence-electron chi connectivity index (χ2n) is 4.93. The number of carbonyl (C=O) groups excluding carboxylic acids is 1. The predicted octanol–water partition coefficient (Wildman–Crippen LogP) is 3.29. The number of ketones is 1. The molecular formula is C15H20O3S. The second-order valence-corrected chi connectivity index (χ2v) is 6.21. The minimum atomic E-state index is -0.240. The highest BCUT2D eigenvalue weighted by Crippen LogP contribution is 2.38. The van der Waals surface area contributed by atoms with Gasteiger partial charge in [-0.1, -0.05) is 18.9 Å². The summed E-state index contributed by atoms with van der Waals surface area (Å²) in [5.74, 6) is 0.753. The molecule has 0 aliphatic heterocycles. The van der Waals surface area contributed by atoms with E-state index < -0.39 is 0 Å². The van der Waals surface area contributed by atoms with Gasteiger partial charge < -0.3 is 9.84 Å². The van der Waals surface area contributed by atoms with Gasteiger partial charge in [0.15, 0.2) is 5.78 Å². The summed E-state index contributed by atoms with van der Waals surface area (Å²) in [6.45, 7) is 1.55. The average molecular weight is 280 g/mol. The van der Waals surface area contributed by atoms with E-state index in [-0.39, 0.29) is 17.1 Å². The maximum atomic E-state index is 11.4. The second kappa shape index (κ2) is 6.44. The minimum absolute atomic E-state index is 0.0348. The van der Waals surface area contributed by atoms with Crippen molar-refractivity contribution in [2.24, 2.45) is 0 Å². The van der Waals surface area contributed by atoms with Crippen LogP contribution in [-0.2, 0) is 0 Å². The molecule has 0 spiro atoms. The predicted molar refractivity (Wildman–Crippen MR) is 77.1 cm³/mol. The zero-order valence-electron chi connectivity index (χ0n) is 11.4. The maximum absolute atomic E-state index is 11.4. The highest BCUT2D eigenvalue weighted by molar-refractivity contribution is 8.00. The van der Waals surface area contributed by atoms with Crippen LogP contribution in [0.5, 0.6) is 5.75 Å². The Kier molecular flexibility index (Phi) is 4.88. The van der Waals surface area contributed by atoms with E-state index in [4.69, 9.17) is 4.74 Å². The molecule has 0 aromatic heterocycles. The van der Waals surface area contributed by atoms with E-state index in [0.29, 0.717) is 5.56 Å². The smallest absolute Gasteiger partial charge is 0.159 e. The van der Waals surface area contributed by atoms with Gasteiger partial charge in [0.25, 0.3) is 0 Å². The van der Waals surface area contributed by atoms with Gasteiger partial charge in [-0.3, -0.25) is 4.79 Å². The van der Waals surface area contributed by atoms with Crippen LogP contribution in [0.4, 0.5) is 0 Å². The van der Waals surface area contributed by atoms with Gasteiger partial charge >= 0.3 is 0 Å². The van der Waals surface area contributed by atoms with Crippen LogP contribution < -0.4 is 4.74 Å². The summed E-state index contributed by atoms with van der Waals surface area (Å²) >= 11 is 1.66. The summed E-state index contributed by atoms with van der Waals surface area (Å²) in [4.78, 5) is 12.4. The van der Waals surface area contributed by atoms with Gasteiger partial charge in [-0.2, -0.15) is 0 Å². The van der Waals surface area contributed by atoms with Crippen molar-refractivity contribution in [3.05, 3.63) is 23.8 Å². The van der Waals surface area contributed by atoms with Crippen molar-refractivity contribution in [1.29, 1.82) is 0 Å². The van der Waals surface area contributed by atoms with Gasteiger partial charge in [0, 0.05) is 15.7 Å². The molecule has 4 heteroatoms. The molecular weight excluding hydrogens is 260 g/mol. The number of ether oxygens (including phenoxy) is 1. The number of aliphatic hydroxyl groups excluding tert-OH is 1. The van der Waals surface area contributed by atoms with Crippen molar-refractivity contribution in [2.45, 2.75) is 48.9 Å². The fourth-order valence-electron chi connectivity index (χ4n) is 2.36. The topological polar surface area (TPSA) is 46.5 Å². The molecule has 1 aromatic carbocycles. The van der Waals surface area contributed by atoms with Crippen molar-refractivity contribution in [1.82, 2.24) is 0 Å². The highest BCUT2D eigenvalue weighted by atomic mass is 32.2. The van der Waals surface area contributed by atoms with Crippen LogP contribution >= 0.6 is 11.8 Å². The van der Waals surface area contributed by atoms with E-state index in [0.717, 1.165) is 29.9 Å². The monoisotopic (exact) mass is 280 g/mol. The van der Waals surface area contributed by atoms with E-state index in [1.54, 1.807) is 31.9 Å². The molecule has 0 saturated heterocycles. The summed E-state index contributed by atoms with van der Waals surface area (Å²) in [6, 6.07) is 5.52. The Morgan fingerprint density at radius 2 is 2.11 bits per heavy atom. The number of Topliss-reactive ketones (excluding diaryl/α,β-unsaturated/α-hetero) is 1. The molecule has 1 N–H and O–H groups in total. The van der Waals surface area contributed by atoms with Crippen molar-refractivity contribution >= 4 is 17.5 Å². The number of carbonyl (C=O) groups is 1. The molecule has 1 saturated carbocycles. The van der Waals surface area contributed by atoms with Crippen molar-refractivity contribution in [3.8, 4) is 5.75 Å². The zero-order valence-corrected chi connectivity index (χ0v) is 12.2. The van der Waals surface area contributed by atoms with Gasteiger partial charge in [0.05, 0.1) is 13.2 Å². The normalized spacial score (nSPS) is 23.1. The van der Waals surface area contributed by atoms with Gasteiger partial charge in [0.1, 0.15) is 5.75 Å². The largest absolute Gasteiger partial charge is 0.496 e. The molecule has 2 atom stereocenters. The molecule has 0 radical (unpaired) electrons. The third-order valence-electron chi connectivity index (χ3n) is 3.52. The van der Waals surface area contributed by atoms with Crippen LogP contribution in [0.15, 0.2) is 23.1 Å². The summed E-state index contributed by atoms with van der Waals surface area (Å²) in [6.07, 6.45) is 3.95. The molecule has 2 rings (SSSR count). The lowest BCUT2D eigenvalue weighted by molar-refractivity contribution is 0.101. The molecule has 1 aliphatic carbocycles. The van der Waals surface area contributed by atoms with Crippen LogP contribution in [0, 0.1) is 0 Å². The average Bonchev–Trinajstić information content (AvgIpc) is 2.41. The molecule has 3 nitrogen and oxygen atoms in total. The molecule has 0 amide bonds. The number of thioether (sulfide) groups is 1. The first kappa shape index (κ1) is 14.4.